The fraction of sp³-hybridized carbons (Fsp3) is 1.00. The van der Waals surface area contributed by atoms with E-state index in [0.717, 1.165) is 19.3 Å². The van der Waals surface area contributed by atoms with Crippen LogP contribution in [-0.2, 0) is 0 Å². The Bertz CT molecular complexity index is 98.3. The zero-order valence-corrected chi connectivity index (χ0v) is 9.35. The minimum atomic E-state index is -0.593. The van der Waals surface area contributed by atoms with E-state index in [9.17, 15) is 0 Å². The maximum Gasteiger partial charge on any atom is 0.0770 e. The molecule has 0 radical (unpaired) electrons. The molecule has 0 spiro atoms. The van der Waals surface area contributed by atoms with Crippen LogP contribution in [0, 0.1) is 0 Å². The van der Waals surface area contributed by atoms with Crippen LogP contribution >= 0.6 is 0 Å². The molecule has 3 atom stereocenters. The maximum atomic E-state index is 8.74. The van der Waals surface area contributed by atoms with Gasteiger partial charge in [-0.25, -0.2) is 0 Å². The zero-order valence-electron chi connectivity index (χ0n) is 9.35. The molecule has 0 aromatic heterocycles. The summed E-state index contributed by atoms with van der Waals surface area (Å²) in [5.74, 6) is 0. The first kappa shape index (κ1) is 16.3. The Morgan fingerprint density at radius 3 is 1.64 bits per heavy atom. The fourth-order valence-corrected chi connectivity index (χ4v) is 0.531. The second-order valence-electron chi connectivity index (χ2n) is 3.46. The normalized spacial score (nSPS) is 16.5. The molecule has 0 aliphatic rings. The number of hydrogen-bond acceptors (Lipinski definition) is 4. The number of aliphatic hydroxyl groups is 4. The highest BCUT2D eigenvalue weighted by molar-refractivity contribution is 4.51. The second kappa shape index (κ2) is 10.9. The molecule has 88 valence electrons. The summed E-state index contributed by atoms with van der Waals surface area (Å²) in [6.07, 6.45) is 1.14. The van der Waals surface area contributed by atoms with Gasteiger partial charge in [-0.3, -0.25) is 0 Å². The number of unbranched alkanes of at least 4 members (excludes halogenated alkanes) is 1. The Kier molecular flexibility index (Phi) is 12.7. The first-order chi connectivity index (χ1) is 6.45. The van der Waals surface area contributed by atoms with Gasteiger partial charge in [-0.2, -0.15) is 0 Å². The molecular formula is C10H24O4. The van der Waals surface area contributed by atoms with Gasteiger partial charge in [0.15, 0.2) is 0 Å². The van der Waals surface area contributed by atoms with E-state index >= 15 is 0 Å². The van der Waals surface area contributed by atoms with Crippen molar-refractivity contribution in [3.8, 4) is 0 Å². The molecule has 0 saturated carbocycles. The van der Waals surface area contributed by atoms with Crippen LogP contribution in [0.15, 0.2) is 0 Å². The zero-order chi connectivity index (χ0) is 11.6. The number of rotatable bonds is 5. The number of hydrogen-bond donors (Lipinski definition) is 4. The molecule has 0 aromatic rings. The van der Waals surface area contributed by atoms with Crippen LogP contribution in [0.2, 0.25) is 0 Å². The molecule has 0 heterocycles. The topological polar surface area (TPSA) is 80.9 Å². The summed E-state index contributed by atoms with van der Waals surface area (Å²) >= 11 is 0. The molecule has 14 heavy (non-hydrogen) atoms. The summed E-state index contributed by atoms with van der Waals surface area (Å²) in [5, 5.41) is 33.8. The van der Waals surface area contributed by atoms with E-state index in [1.54, 1.807) is 13.8 Å². The van der Waals surface area contributed by atoms with Crippen molar-refractivity contribution in [2.75, 3.05) is 6.61 Å². The van der Waals surface area contributed by atoms with Gasteiger partial charge in [-0.15, -0.1) is 0 Å². The third kappa shape index (κ3) is 14.4. The molecule has 0 aliphatic carbocycles. The van der Waals surface area contributed by atoms with Gasteiger partial charge in [0.25, 0.3) is 0 Å². The van der Waals surface area contributed by atoms with Crippen molar-refractivity contribution in [3.05, 3.63) is 0 Å². The highest BCUT2D eigenvalue weighted by Gasteiger charge is 1.99. The smallest absolute Gasteiger partial charge is 0.0770 e. The van der Waals surface area contributed by atoms with Gasteiger partial charge < -0.3 is 20.4 Å². The van der Waals surface area contributed by atoms with Gasteiger partial charge in [0.2, 0.25) is 0 Å². The molecule has 4 heteroatoms. The monoisotopic (exact) mass is 208 g/mol. The van der Waals surface area contributed by atoms with Crippen molar-refractivity contribution < 1.29 is 20.4 Å². The van der Waals surface area contributed by atoms with Crippen molar-refractivity contribution >= 4 is 0 Å². The average Bonchev–Trinajstić information content (AvgIpc) is 2.14. The van der Waals surface area contributed by atoms with Gasteiger partial charge in [0.1, 0.15) is 0 Å². The van der Waals surface area contributed by atoms with Crippen LogP contribution in [0.1, 0.15) is 40.0 Å². The summed E-state index contributed by atoms with van der Waals surface area (Å²) in [5.41, 5.74) is 0. The lowest BCUT2D eigenvalue weighted by molar-refractivity contribution is 0.0438. The van der Waals surface area contributed by atoms with Gasteiger partial charge in [0.05, 0.1) is 24.9 Å². The largest absolute Gasteiger partial charge is 0.394 e. The van der Waals surface area contributed by atoms with E-state index in [2.05, 4.69) is 6.92 Å². The summed E-state index contributed by atoms with van der Waals surface area (Å²) in [4.78, 5) is 0. The van der Waals surface area contributed by atoms with Gasteiger partial charge in [-0.1, -0.05) is 19.8 Å². The molecule has 0 bridgehead atoms. The van der Waals surface area contributed by atoms with Gasteiger partial charge in [0, 0.05) is 0 Å². The Hall–Kier alpha value is -0.160. The molecule has 4 N–H and O–H groups in total. The Morgan fingerprint density at radius 1 is 1.00 bits per heavy atom. The lowest BCUT2D eigenvalue weighted by Crippen LogP contribution is -2.17. The molecule has 0 rings (SSSR count). The third-order valence-electron chi connectivity index (χ3n) is 1.80. The van der Waals surface area contributed by atoms with Gasteiger partial charge in [-0.05, 0) is 20.3 Å². The van der Waals surface area contributed by atoms with E-state index in [-0.39, 0.29) is 6.61 Å². The summed E-state index contributed by atoms with van der Waals surface area (Å²) in [6, 6.07) is 0. The predicted octanol–water partition coefficient (Wildman–Crippen LogP) is 0.278. The Morgan fingerprint density at radius 2 is 1.43 bits per heavy atom. The average molecular weight is 208 g/mol. The van der Waals surface area contributed by atoms with E-state index in [4.69, 9.17) is 20.4 Å². The minimum absolute atomic E-state index is 0.0972. The van der Waals surface area contributed by atoms with Crippen molar-refractivity contribution in [3.63, 3.8) is 0 Å². The minimum Gasteiger partial charge on any atom is -0.394 e. The Labute approximate surface area is 86.2 Å². The van der Waals surface area contributed by atoms with E-state index in [1.807, 2.05) is 0 Å². The van der Waals surface area contributed by atoms with Crippen molar-refractivity contribution in [1.29, 1.82) is 0 Å². The molecule has 0 saturated heterocycles. The third-order valence-corrected chi connectivity index (χ3v) is 1.80. The van der Waals surface area contributed by atoms with Crippen LogP contribution in [-0.4, -0.2) is 45.3 Å². The number of aliphatic hydroxyl groups excluding tert-OH is 4. The highest BCUT2D eigenvalue weighted by Crippen LogP contribution is 1.97. The Balaban J connectivity index is 0. The molecule has 0 aromatic carbocycles. The van der Waals surface area contributed by atoms with E-state index < -0.39 is 18.3 Å². The lowest BCUT2D eigenvalue weighted by atomic mass is 10.2. The first-order valence-corrected chi connectivity index (χ1v) is 5.10. The van der Waals surface area contributed by atoms with Crippen molar-refractivity contribution in [2.24, 2.45) is 0 Å². The van der Waals surface area contributed by atoms with Crippen molar-refractivity contribution in [2.45, 2.75) is 58.3 Å². The second-order valence-corrected chi connectivity index (χ2v) is 3.46. The summed E-state index contributed by atoms with van der Waals surface area (Å²) < 4.78 is 0. The van der Waals surface area contributed by atoms with Crippen LogP contribution in [0.4, 0.5) is 0 Å². The quantitative estimate of drug-likeness (QED) is 0.523. The standard InChI is InChI=1S/C6H14O2.C4H10O2/c1-2-3-4-6(8)5-7;1-3(5)4(2)6/h6-8H,2-5H2,1H3;3-6H,1-2H3. The van der Waals surface area contributed by atoms with Crippen LogP contribution in [0.25, 0.3) is 0 Å². The molecular weight excluding hydrogens is 184 g/mol. The first-order valence-electron chi connectivity index (χ1n) is 5.10. The highest BCUT2D eigenvalue weighted by atomic mass is 16.3. The molecule has 4 nitrogen and oxygen atoms in total. The molecule has 3 unspecified atom stereocenters. The van der Waals surface area contributed by atoms with Crippen LogP contribution in [0.3, 0.4) is 0 Å². The molecule has 0 aliphatic heterocycles. The van der Waals surface area contributed by atoms with E-state index in [1.165, 1.54) is 0 Å². The maximum absolute atomic E-state index is 8.74. The van der Waals surface area contributed by atoms with E-state index in [0.29, 0.717) is 0 Å². The van der Waals surface area contributed by atoms with Crippen LogP contribution < -0.4 is 0 Å². The molecule has 0 amide bonds. The SMILES string of the molecule is CC(O)C(C)O.CCCCC(O)CO. The van der Waals surface area contributed by atoms with Crippen LogP contribution in [0.5, 0.6) is 0 Å². The fourth-order valence-electron chi connectivity index (χ4n) is 0.531. The summed E-state index contributed by atoms with van der Waals surface area (Å²) in [6.45, 7) is 5.05. The lowest BCUT2D eigenvalue weighted by Gasteiger charge is -2.03. The van der Waals surface area contributed by atoms with Crippen molar-refractivity contribution in [1.82, 2.24) is 0 Å². The molecule has 0 fully saturated rings. The predicted molar refractivity (Wildman–Crippen MR) is 56.0 cm³/mol. The van der Waals surface area contributed by atoms with Gasteiger partial charge >= 0.3 is 0 Å². The summed E-state index contributed by atoms with van der Waals surface area (Å²) in [7, 11) is 0.